The molecule has 0 unspecified atom stereocenters. The second-order valence-corrected chi connectivity index (χ2v) is 8.64. The Balaban J connectivity index is 1.46. The van der Waals surface area contributed by atoms with Crippen LogP contribution < -0.4 is 9.47 Å². The summed E-state index contributed by atoms with van der Waals surface area (Å²) in [5.74, 6) is 1.83. The van der Waals surface area contributed by atoms with Crippen LogP contribution in [0, 0.1) is 0 Å². The highest BCUT2D eigenvalue weighted by molar-refractivity contribution is 5.84. The van der Waals surface area contributed by atoms with Gasteiger partial charge < -0.3 is 19.7 Å². The first-order valence-electron chi connectivity index (χ1n) is 12.4. The average Bonchev–Trinajstić information content (AvgIpc) is 2.84. The summed E-state index contributed by atoms with van der Waals surface area (Å²) < 4.78 is 11.7. The fourth-order valence-corrected chi connectivity index (χ4v) is 3.93. The molecule has 0 atom stereocenters. The smallest absolute Gasteiger partial charge is 0.119 e. The number of fused-ring (bicyclic) bond motifs is 1. The topological polar surface area (TPSA) is 58.9 Å². The Hall–Kier alpha value is -2.56. The van der Waals surface area contributed by atoms with E-state index >= 15 is 0 Å². The Bertz CT molecular complexity index is 936. The number of ether oxygens (including phenoxy) is 2. The summed E-state index contributed by atoms with van der Waals surface area (Å²) in [4.78, 5) is 0. The Kier molecular flexibility index (Phi) is 11.1. The quantitative estimate of drug-likeness (QED) is 0.252. The number of unbranched alkanes of at least 4 members (excludes halogenated alkanes) is 6. The lowest BCUT2D eigenvalue weighted by molar-refractivity contribution is 0.273. The molecule has 0 heterocycles. The van der Waals surface area contributed by atoms with Gasteiger partial charge in [0.05, 0.1) is 13.2 Å². The molecule has 0 bridgehead atoms. The molecule has 3 rings (SSSR count). The van der Waals surface area contributed by atoms with Gasteiger partial charge in [0.2, 0.25) is 0 Å². The highest BCUT2D eigenvalue weighted by atomic mass is 16.5. The van der Waals surface area contributed by atoms with E-state index in [1.54, 1.807) is 0 Å². The van der Waals surface area contributed by atoms with Crippen molar-refractivity contribution >= 4 is 10.8 Å². The van der Waals surface area contributed by atoms with Crippen LogP contribution in [-0.2, 0) is 6.42 Å². The maximum Gasteiger partial charge on any atom is 0.119 e. The Morgan fingerprint density at radius 3 is 1.67 bits per heavy atom. The minimum Gasteiger partial charge on any atom is -0.494 e. The summed E-state index contributed by atoms with van der Waals surface area (Å²) in [7, 11) is 0. The van der Waals surface area contributed by atoms with Gasteiger partial charge in [0.15, 0.2) is 0 Å². The van der Waals surface area contributed by atoms with Gasteiger partial charge >= 0.3 is 0 Å². The first-order valence-corrected chi connectivity index (χ1v) is 12.4. The van der Waals surface area contributed by atoms with Crippen molar-refractivity contribution in [3.8, 4) is 11.5 Å². The lowest BCUT2D eigenvalue weighted by Crippen LogP contribution is -1.98. The van der Waals surface area contributed by atoms with Crippen molar-refractivity contribution in [2.45, 2.75) is 57.8 Å². The third-order valence-corrected chi connectivity index (χ3v) is 5.85. The molecule has 0 aromatic heterocycles. The zero-order valence-electron chi connectivity index (χ0n) is 19.7. The predicted octanol–water partition coefficient (Wildman–Crippen LogP) is 6.29. The molecule has 3 aromatic carbocycles. The van der Waals surface area contributed by atoms with Crippen molar-refractivity contribution in [3.05, 3.63) is 71.8 Å². The molecule has 0 aliphatic heterocycles. The third-order valence-electron chi connectivity index (χ3n) is 5.85. The van der Waals surface area contributed by atoms with E-state index in [0.29, 0.717) is 0 Å². The molecule has 0 aliphatic carbocycles. The third kappa shape index (κ3) is 9.07. The van der Waals surface area contributed by atoms with Crippen LogP contribution in [0.25, 0.3) is 10.8 Å². The maximum atomic E-state index is 8.83. The van der Waals surface area contributed by atoms with E-state index in [-0.39, 0.29) is 13.2 Å². The van der Waals surface area contributed by atoms with Crippen LogP contribution in [0.1, 0.15) is 62.5 Å². The van der Waals surface area contributed by atoms with Crippen LogP contribution in [0.15, 0.2) is 60.7 Å². The fourth-order valence-electron chi connectivity index (χ4n) is 3.93. The van der Waals surface area contributed by atoms with Crippen molar-refractivity contribution < 1.29 is 19.7 Å². The van der Waals surface area contributed by atoms with Gasteiger partial charge in [-0.1, -0.05) is 49.2 Å². The van der Waals surface area contributed by atoms with E-state index in [4.69, 9.17) is 19.7 Å². The maximum absolute atomic E-state index is 8.83. The molecule has 0 fully saturated rings. The summed E-state index contributed by atoms with van der Waals surface area (Å²) in [6.07, 6.45) is 9.00. The molecule has 0 aliphatic rings. The summed E-state index contributed by atoms with van der Waals surface area (Å²) in [6.45, 7) is 2.01. The molecule has 0 saturated carbocycles. The van der Waals surface area contributed by atoms with Crippen molar-refractivity contribution in [1.29, 1.82) is 0 Å². The molecule has 33 heavy (non-hydrogen) atoms. The van der Waals surface area contributed by atoms with Crippen molar-refractivity contribution in [1.82, 2.24) is 0 Å². The van der Waals surface area contributed by atoms with Gasteiger partial charge in [-0.3, -0.25) is 0 Å². The van der Waals surface area contributed by atoms with Gasteiger partial charge in [-0.25, -0.2) is 0 Å². The number of aliphatic hydroxyl groups excluding tert-OH is 2. The molecule has 2 N–H and O–H groups in total. The molecule has 0 saturated heterocycles. The monoisotopic (exact) mass is 450 g/mol. The molecular weight excluding hydrogens is 412 g/mol. The second-order valence-electron chi connectivity index (χ2n) is 8.64. The summed E-state index contributed by atoms with van der Waals surface area (Å²) in [5.41, 5.74) is 2.56. The van der Waals surface area contributed by atoms with Gasteiger partial charge in [-0.15, -0.1) is 0 Å². The highest BCUT2D eigenvalue weighted by Crippen LogP contribution is 2.24. The van der Waals surface area contributed by atoms with Gasteiger partial charge in [0.1, 0.15) is 11.5 Å². The van der Waals surface area contributed by atoms with Crippen molar-refractivity contribution in [2.75, 3.05) is 26.4 Å². The SMILES string of the molecule is OCCCCCCOc1ccc(Cc2ccc3cc(OCCCCCCO)ccc3c2)cc1. The lowest BCUT2D eigenvalue weighted by Gasteiger charge is -2.09. The highest BCUT2D eigenvalue weighted by Gasteiger charge is 2.03. The van der Waals surface area contributed by atoms with E-state index in [2.05, 4.69) is 60.7 Å². The predicted molar refractivity (Wildman–Crippen MR) is 135 cm³/mol. The van der Waals surface area contributed by atoms with E-state index in [1.807, 2.05) is 0 Å². The summed E-state index contributed by atoms with van der Waals surface area (Å²) in [5, 5.41) is 20.1. The van der Waals surface area contributed by atoms with Crippen molar-refractivity contribution in [3.63, 3.8) is 0 Å². The normalized spacial score (nSPS) is 11.1. The summed E-state index contributed by atoms with van der Waals surface area (Å²) >= 11 is 0. The van der Waals surface area contributed by atoms with Crippen LogP contribution in [0.3, 0.4) is 0 Å². The molecular formula is C29H38O4. The number of hydrogen-bond donors (Lipinski definition) is 2. The van der Waals surface area contributed by atoms with Gasteiger partial charge in [0.25, 0.3) is 0 Å². The first-order chi connectivity index (χ1) is 16.3. The van der Waals surface area contributed by atoms with E-state index in [0.717, 1.165) is 82.5 Å². The number of aliphatic hydroxyl groups is 2. The van der Waals surface area contributed by atoms with E-state index in [9.17, 15) is 0 Å². The number of hydrogen-bond acceptors (Lipinski definition) is 4. The molecule has 0 spiro atoms. The van der Waals surface area contributed by atoms with Crippen molar-refractivity contribution in [2.24, 2.45) is 0 Å². The zero-order valence-corrected chi connectivity index (χ0v) is 19.7. The molecule has 178 valence electrons. The van der Waals surface area contributed by atoms with Gasteiger partial charge in [-0.05, 0) is 91.1 Å². The molecule has 0 radical (unpaired) electrons. The Morgan fingerprint density at radius 2 is 1.00 bits per heavy atom. The zero-order chi connectivity index (χ0) is 23.1. The minimum absolute atomic E-state index is 0.278. The average molecular weight is 451 g/mol. The first kappa shape index (κ1) is 25.1. The van der Waals surface area contributed by atoms with Crippen LogP contribution in [0.4, 0.5) is 0 Å². The molecule has 4 nitrogen and oxygen atoms in total. The molecule has 3 aromatic rings. The largest absolute Gasteiger partial charge is 0.494 e. The van der Waals surface area contributed by atoms with Crippen LogP contribution in [0.5, 0.6) is 11.5 Å². The minimum atomic E-state index is 0.278. The number of benzene rings is 3. The van der Waals surface area contributed by atoms with Gasteiger partial charge in [0, 0.05) is 13.2 Å². The molecule has 4 heteroatoms. The van der Waals surface area contributed by atoms with Crippen LogP contribution in [0.2, 0.25) is 0 Å². The Labute approximate surface area is 198 Å². The van der Waals surface area contributed by atoms with E-state index in [1.165, 1.54) is 21.9 Å². The van der Waals surface area contributed by atoms with Crippen LogP contribution in [-0.4, -0.2) is 36.6 Å². The van der Waals surface area contributed by atoms with Gasteiger partial charge in [-0.2, -0.15) is 0 Å². The standard InChI is InChI=1S/C29H38O4/c30-17-5-1-3-7-19-32-28-14-10-24(11-15-28)21-25-9-12-27-23-29(16-13-26(27)22-25)33-20-8-4-2-6-18-31/h9-16,22-23,30-31H,1-8,17-21H2. The Morgan fingerprint density at radius 1 is 0.485 bits per heavy atom. The second kappa shape index (κ2) is 14.6. The molecule has 0 amide bonds. The lowest BCUT2D eigenvalue weighted by atomic mass is 10.0. The van der Waals surface area contributed by atoms with Crippen LogP contribution >= 0.6 is 0 Å². The van der Waals surface area contributed by atoms with E-state index < -0.39 is 0 Å². The number of rotatable bonds is 16. The summed E-state index contributed by atoms with van der Waals surface area (Å²) in [6, 6.07) is 21.3. The fraction of sp³-hybridized carbons (Fsp3) is 0.448.